The number of amides is 1. The molecule has 0 aliphatic rings. The van der Waals surface area contributed by atoms with Crippen molar-refractivity contribution >= 4 is 29.2 Å². The summed E-state index contributed by atoms with van der Waals surface area (Å²) in [6, 6.07) is 8.32. The van der Waals surface area contributed by atoms with E-state index in [4.69, 9.17) is 22.0 Å². The van der Waals surface area contributed by atoms with Crippen LogP contribution >= 0.6 is 11.6 Å². The molecule has 0 saturated heterocycles. The molecule has 2 N–H and O–H groups in total. The van der Waals surface area contributed by atoms with Crippen molar-refractivity contribution in [1.29, 1.82) is 5.26 Å². The summed E-state index contributed by atoms with van der Waals surface area (Å²) >= 11 is 5.83. The zero-order valence-electron chi connectivity index (χ0n) is 9.97. The van der Waals surface area contributed by atoms with Crippen LogP contribution in [0.2, 0.25) is 5.02 Å². The second-order valence-electron chi connectivity index (χ2n) is 3.66. The molecule has 0 spiro atoms. The van der Waals surface area contributed by atoms with Crippen LogP contribution in [0.5, 0.6) is 0 Å². The Bertz CT molecular complexity index is 513. The van der Waals surface area contributed by atoms with Gasteiger partial charge < -0.3 is 15.3 Å². The maximum absolute atomic E-state index is 11.5. The third kappa shape index (κ3) is 5.27. The number of halogens is 1. The molecule has 0 saturated carbocycles. The summed E-state index contributed by atoms with van der Waals surface area (Å²) in [5, 5.41) is 20.0. The van der Waals surface area contributed by atoms with Crippen LogP contribution in [0.15, 0.2) is 24.3 Å². The number of aliphatic carboxylic acids is 1. The molecule has 100 valence electrons. The predicted octanol–water partition coefficient (Wildman–Crippen LogP) is 0.871. The van der Waals surface area contributed by atoms with Crippen molar-refractivity contribution in [3.8, 4) is 6.07 Å². The summed E-state index contributed by atoms with van der Waals surface area (Å²) in [5.74, 6) is -1.49. The first-order valence-electron chi connectivity index (χ1n) is 5.39. The number of nitriles is 1. The smallest absolute Gasteiger partial charge is 0.323 e. The van der Waals surface area contributed by atoms with Gasteiger partial charge in [0.15, 0.2) is 0 Å². The van der Waals surface area contributed by atoms with Gasteiger partial charge in [0.25, 0.3) is 0 Å². The molecule has 0 radical (unpaired) electrons. The quantitative estimate of drug-likeness (QED) is 0.755. The molecule has 1 rings (SSSR count). The van der Waals surface area contributed by atoms with Crippen molar-refractivity contribution in [2.45, 2.75) is 0 Å². The van der Waals surface area contributed by atoms with Crippen molar-refractivity contribution in [2.75, 3.05) is 24.5 Å². The number of nitrogens with zero attached hydrogens (tertiary/aromatic N) is 2. The first-order chi connectivity index (χ1) is 9.02. The van der Waals surface area contributed by atoms with Crippen LogP contribution in [-0.4, -0.2) is 36.6 Å². The van der Waals surface area contributed by atoms with Crippen LogP contribution in [0, 0.1) is 11.3 Å². The molecule has 0 heterocycles. The molecule has 19 heavy (non-hydrogen) atoms. The summed E-state index contributed by atoms with van der Waals surface area (Å²) in [4.78, 5) is 23.7. The third-order valence-electron chi connectivity index (χ3n) is 2.20. The Morgan fingerprint density at radius 3 is 2.74 bits per heavy atom. The lowest BCUT2D eigenvalue weighted by Crippen LogP contribution is -2.40. The average molecular weight is 282 g/mol. The van der Waals surface area contributed by atoms with Crippen LogP contribution in [0.4, 0.5) is 5.69 Å². The van der Waals surface area contributed by atoms with E-state index in [-0.39, 0.29) is 19.6 Å². The van der Waals surface area contributed by atoms with E-state index in [1.165, 1.54) is 4.90 Å². The number of carboxylic acid groups (broad SMARTS) is 1. The molecule has 6 nitrogen and oxygen atoms in total. The Kier molecular flexibility index (Phi) is 5.64. The number of benzene rings is 1. The van der Waals surface area contributed by atoms with Crippen LogP contribution in [0.25, 0.3) is 0 Å². The van der Waals surface area contributed by atoms with E-state index in [0.717, 1.165) is 0 Å². The Morgan fingerprint density at radius 2 is 2.16 bits per heavy atom. The molecule has 1 aromatic rings. The Morgan fingerprint density at radius 1 is 1.42 bits per heavy atom. The van der Waals surface area contributed by atoms with Gasteiger partial charge in [-0.05, 0) is 18.2 Å². The van der Waals surface area contributed by atoms with Crippen molar-refractivity contribution in [2.24, 2.45) is 0 Å². The number of hydrogen-bond acceptors (Lipinski definition) is 4. The highest BCUT2D eigenvalue weighted by Gasteiger charge is 2.14. The lowest BCUT2D eigenvalue weighted by Gasteiger charge is -2.22. The third-order valence-corrected chi connectivity index (χ3v) is 2.43. The van der Waals surface area contributed by atoms with Crippen LogP contribution in [-0.2, 0) is 9.59 Å². The zero-order chi connectivity index (χ0) is 14.3. The zero-order valence-corrected chi connectivity index (χ0v) is 10.7. The van der Waals surface area contributed by atoms with Crippen molar-refractivity contribution in [3.63, 3.8) is 0 Å². The van der Waals surface area contributed by atoms with E-state index in [0.29, 0.717) is 10.7 Å². The highest BCUT2D eigenvalue weighted by Crippen LogP contribution is 2.19. The molecule has 0 fully saturated rings. The number of rotatable bonds is 6. The fourth-order valence-electron chi connectivity index (χ4n) is 1.44. The SMILES string of the molecule is N#CCNC(=O)CN(CC(=O)O)c1cccc(Cl)c1. The summed E-state index contributed by atoms with van der Waals surface area (Å²) in [7, 11) is 0. The minimum atomic E-state index is -1.06. The van der Waals surface area contributed by atoms with Crippen LogP contribution in [0.3, 0.4) is 0 Å². The molecular weight excluding hydrogens is 270 g/mol. The fourth-order valence-corrected chi connectivity index (χ4v) is 1.63. The van der Waals surface area contributed by atoms with Crippen molar-refractivity contribution in [3.05, 3.63) is 29.3 Å². The molecule has 0 unspecified atom stereocenters. The number of carbonyl (C=O) groups excluding carboxylic acids is 1. The van der Waals surface area contributed by atoms with E-state index < -0.39 is 11.9 Å². The summed E-state index contributed by atoms with van der Waals surface area (Å²) in [6.45, 7) is -0.607. The van der Waals surface area contributed by atoms with E-state index in [2.05, 4.69) is 5.32 Å². The minimum Gasteiger partial charge on any atom is -0.480 e. The normalized spacial score (nSPS) is 9.47. The second kappa shape index (κ2) is 7.24. The Labute approximate surface area is 115 Å². The number of nitrogens with one attached hydrogen (secondary N) is 1. The Balaban J connectivity index is 2.80. The highest BCUT2D eigenvalue weighted by atomic mass is 35.5. The summed E-state index contributed by atoms with van der Waals surface area (Å²) < 4.78 is 0. The monoisotopic (exact) mass is 281 g/mol. The molecule has 7 heteroatoms. The fraction of sp³-hybridized carbons (Fsp3) is 0.250. The van der Waals surface area contributed by atoms with E-state index in [1.54, 1.807) is 30.3 Å². The van der Waals surface area contributed by atoms with Gasteiger partial charge in [-0.1, -0.05) is 17.7 Å². The number of carbonyl (C=O) groups is 2. The molecule has 0 atom stereocenters. The van der Waals surface area contributed by atoms with Gasteiger partial charge in [-0.3, -0.25) is 9.59 Å². The van der Waals surface area contributed by atoms with Gasteiger partial charge in [-0.15, -0.1) is 0 Å². The number of carboxylic acids is 1. The molecule has 1 amide bonds. The Hall–Kier alpha value is -2.26. The summed E-state index contributed by atoms with van der Waals surface area (Å²) in [6.07, 6.45) is 0. The summed E-state index contributed by atoms with van der Waals surface area (Å²) in [5.41, 5.74) is 0.530. The minimum absolute atomic E-state index is 0.116. The maximum Gasteiger partial charge on any atom is 0.323 e. The molecule has 0 aromatic heterocycles. The largest absolute Gasteiger partial charge is 0.480 e. The van der Waals surface area contributed by atoms with E-state index in [9.17, 15) is 9.59 Å². The standard InChI is InChI=1S/C12H12ClN3O3/c13-9-2-1-3-10(6-9)16(8-12(18)19)7-11(17)15-5-4-14/h1-3,6H,5,7-8H2,(H,15,17)(H,18,19). The maximum atomic E-state index is 11.5. The van der Waals surface area contributed by atoms with Gasteiger partial charge in [0, 0.05) is 10.7 Å². The number of hydrogen-bond donors (Lipinski definition) is 2. The van der Waals surface area contributed by atoms with Crippen LogP contribution in [0.1, 0.15) is 0 Å². The van der Waals surface area contributed by atoms with Gasteiger partial charge in [0.2, 0.25) is 5.91 Å². The average Bonchev–Trinajstić information content (AvgIpc) is 2.35. The second-order valence-corrected chi connectivity index (χ2v) is 4.10. The molecule has 0 aliphatic carbocycles. The number of anilines is 1. The lowest BCUT2D eigenvalue weighted by atomic mass is 10.2. The lowest BCUT2D eigenvalue weighted by molar-refractivity contribution is -0.135. The molecule has 0 bridgehead atoms. The van der Waals surface area contributed by atoms with Gasteiger partial charge in [0.1, 0.15) is 13.1 Å². The first-order valence-corrected chi connectivity index (χ1v) is 5.76. The van der Waals surface area contributed by atoms with Crippen LogP contribution < -0.4 is 10.2 Å². The van der Waals surface area contributed by atoms with Gasteiger partial charge in [-0.2, -0.15) is 5.26 Å². The topological polar surface area (TPSA) is 93.4 Å². The van der Waals surface area contributed by atoms with E-state index in [1.807, 2.05) is 0 Å². The predicted molar refractivity (Wildman–Crippen MR) is 69.9 cm³/mol. The van der Waals surface area contributed by atoms with Gasteiger partial charge in [-0.25, -0.2) is 0 Å². The van der Waals surface area contributed by atoms with Crippen molar-refractivity contribution in [1.82, 2.24) is 5.32 Å². The van der Waals surface area contributed by atoms with Gasteiger partial charge in [0.05, 0.1) is 12.6 Å². The van der Waals surface area contributed by atoms with E-state index >= 15 is 0 Å². The highest BCUT2D eigenvalue weighted by molar-refractivity contribution is 6.30. The molecule has 1 aromatic carbocycles. The van der Waals surface area contributed by atoms with Crippen molar-refractivity contribution < 1.29 is 14.7 Å². The van der Waals surface area contributed by atoms with Gasteiger partial charge >= 0.3 is 5.97 Å². The molecule has 0 aliphatic heterocycles. The molecular formula is C12H12ClN3O3. The first kappa shape index (κ1) is 14.8.